The first-order valence-corrected chi connectivity index (χ1v) is 7.63. The van der Waals surface area contributed by atoms with Crippen LogP contribution in [-0.2, 0) is 4.74 Å². The second-order valence-corrected chi connectivity index (χ2v) is 6.21. The Labute approximate surface area is 148 Å². The van der Waals surface area contributed by atoms with Gasteiger partial charge in [0.05, 0.1) is 19.2 Å². The normalized spacial score (nSPS) is 17.5. The van der Waals surface area contributed by atoms with E-state index in [2.05, 4.69) is 9.69 Å². The molecule has 0 saturated carbocycles. The molecule has 0 radical (unpaired) electrons. The van der Waals surface area contributed by atoms with Gasteiger partial charge in [-0.3, -0.25) is 0 Å². The monoisotopic (exact) mass is 330 g/mol. The lowest BCUT2D eigenvalue weighted by Gasteiger charge is -2.22. The molecule has 1 aromatic rings. The number of benzene rings is 1. The molecule has 1 aromatic carbocycles. The van der Waals surface area contributed by atoms with E-state index in [4.69, 9.17) is 23.1 Å². The number of nitriles is 1. The molecule has 0 aromatic heterocycles. The lowest BCUT2D eigenvalue weighted by Crippen LogP contribution is -2.20. The number of allylic oxidation sites excluding steroid dienone is 1. The van der Waals surface area contributed by atoms with Crippen molar-refractivity contribution in [1.29, 1.82) is 5.26 Å². The highest BCUT2D eigenvalue weighted by Gasteiger charge is 2.38. The number of hydrogen-bond donors (Lipinski definition) is 0. The zero-order valence-corrected chi connectivity index (χ0v) is 14.7. The molecular formula is C20H18N4O. The summed E-state index contributed by atoms with van der Waals surface area (Å²) in [5, 5.41) is 9.09. The van der Waals surface area contributed by atoms with Gasteiger partial charge in [0.25, 0.3) is 5.70 Å². The maximum Gasteiger partial charge on any atom is 0.292 e. The summed E-state index contributed by atoms with van der Waals surface area (Å²) in [5.41, 5.74) is 1.99. The molecule has 0 saturated heterocycles. The maximum atomic E-state index is 9.09. The molecule has 0 unspecified atom stereocenters. The Balaban J connectivity index is 2.47. The Kier molecular flexibility index (Phi) is 4.97. The Morgan fingerprint density at radius 2 is 1.84 bits per heavy atom. The van der Waals surface area contributed by atoms with E-state index in [0.717, 1.165) is 11.3 Å². The fourth-order valence-corrected chi connectivity index (χ4v) is 2.51. The van der Waals surface area contributed by atoms with Crippen LogP contribution >= 0.6 is 0 Å². The fraction of sp³-hybridized carbons (Fsp3) is 0.250. The van der Waals surface area contributed by atoms with Gasteiger partial charge in [0.1, 0.15) is 11.4 Å². The summed E-state index contributed by atoms with van der Waals surface area (Å²) in [7, 11) is 3.96. The molecule has 0 aliphatic carbocycles. The molecule has 5 nitrogen and oxygen atoms in total. The van der Waals surface area contributed by atoms with E-state index in [9.17, 15) is 0 Å². The molecule has 0 bridgehead atoms. The van der Waals surface area contributed by atoms with Crippen LogP contribution in [0.3, 0.4) is 0 Å². The third-order valence-corrected chi connectivity index (χ3v) is 3.87. The lowest BCUT2D eigenvalue weighted by molar-refractivity contribution is 0.0952. The summed E-state index contributed by atoms with van der Waals surface area (Å²) in [6.45, 7) is 18.2. The van der Waals surface area contributed by atoms with Gasteiger partial charge in [-0.05, 0) is 31.5 Å². The van der Waals surface area contributed by atoms with Crippen molar-refractivity contribution in [3.8, 4) is 6.07 Å². The lowest BCUT2D eigenvalue weighted by atomic mass is 9.96. The Morgan fingerprint density at radius 3 is 2.32 bits per heavy atom. The smallest absolute Gasteiger partial charge is 0.292 e. The second-order valence-electron chi connectivity index (χ2n) is 6.21. The van der Waals surface area contributed by atoms with E-state index < -0.39 is 5.60 Å². The number of rotatable bonds is 3. The van der Waals surface area contributed by atoms with Crippen molar-refractivity contribution in [2.24, 2.45) is 0 Å². The first kappa shape index (κ1) is 17.9. The summed E-state index contributed by atoms with van der Waals surface area (Å²) in [5.74, 6) is 0.0695. The van der Waals surface area contributed by atoms with Crippen LogP contribution in [0.15, 0.2) is 53.1 Å². The van der Waals surface area contributed by atoms with Crippen molar-refractivity contribution in [2.75, 3.05) is 19.0 Å². The molecular weight excluding hydrogens is 312 g/mol. The van der Waals surface area contributed by atoms with Gasteiger partial charge in [0.2, 0.25) is 5.70 Å². The quantitative estimate of drug-likeness (QED) is 0.609. The summed E-state index contributed by atoms with van der Waals surface area (Å²) in [6.07, 6.45) is 3.72. The van der Waals surface area contributed by atoms with Gasteiger partial charge in [0.15, 0.2) is 0 Å². The molecule has 0 amide bonds. The minimum atomic E-state index is -0.776. The Bertz CT molecular complexity index is 879. The minimum Gasteiger partial charge on any atom is -0.505 e. The third kappa shape index (κ3) is 3.55. The molecule has 0 atom stereocenters. The molecule has 1 heterocycles. The molecule has 1 aliphatic rings. The molecule has 124 valence electrons. The second kappa shape index (κ2) is 6.95. The van der Waals surface area contributed by atoms with Gasteiger partial charge >= 0.3 is 0 Å². The first-order valence-electron chi connectivity index (χ1n) is 7.63. The van der Waals surface area contributed by atoms with E-state index >= 15 is 0 Å². The maximum absolute atomic E-state index is 9.09. The molecule has 25 heavy (non-hydrogen) atoms. The van der Waals surface area contributed by atoms with Gasteiger partial charge in [-0.2, -0.15) is 0 Å². The topological polar surface area (TPSA) is 45.0 Å². The van der Waals surface area contributed by atoms with Crippen LogP contribution in [0.4, 0.5) is 5.69 Å². The summed E-state index contributed by atoms with van der Waals surface area (Å²) in [4.78, 5) is 8.69. The Morgan fingerprint density at radius 1 is 1.20 bits per heavy atom. The zero-order valence-electron chi connectivity index (χ0n) is 14.7. The van der Waals surface area contributed by atoms with Crippen LogP contribution in [0.1, 0.15) is 19.4 Å². The highest BCUT2D eigenvalue weighted by atomic mass is 16.5. The van der Waals surface area contributed by atoms with Crippen LogP contribution in [0, 0.1) is 24.5 Å². The number of hydrogen-bond acceptors (Lipinski definition) is 3. The summed E-state index contributed by atoms with van der Waals surface area (Å²) < 4.78 is 5.75. The molecule has 5 heteroatoms. The van der Waals surface area contributed by atoms with Crippen molar-refractivity contribution in [1.82, 2.24) is 0 Å². The standard InChI is InChI=1S/C20H18N4O/c1-20(2)16(18(23-4)19(25-20)17(13-21)22-3)12-9-14-7-10-15(11-8-14)24(5)6/h7-12H,1-2,5-6H3/b12-9+,19-17+. The summed E-state index contributed by atoms with van der Waals surface area (Å²) in [6, 6.07) is 9.80. The van der Waals surface area contributed by atoms with Crippen molar-refractivity contribution in [2.45, 2.75) is 19.4 Å². The summed E-state index contributed by atoms with van der Waals surface area (Å²) >= 11 is 0. The molecule has 0 spiro atoms. The van der Waals surface area contributed by atoms with Crippen LogP contribution in [0.25, 0.3) is 15.8 Å². The van der Waals surface area contributed by atoms with Crippen molar-refractivity contribution in [3.63, 3.8) is 0 Å². The number of nitrogens with zero attached hydrogens (tertiary/aromatic N) is 4. The van der Waals surface area contributed by atoms with E-state index in [1.54, 1.807) is 6.07 Å². The van der Waals surface area contributed by atoms with E-state index in [0.29, 0.717) is 5.57 Å². The highest BCUT2D eigenvalue weighted by Crippen LogP contribution is 2.41. The van der Waals surface area contributed by atoms with Gasteiger partial charge in [-0.15, -0.1) is 0 Å². The number of ether oxygens (including phenoxy) is 1. The predicted octanol–water partition coefficient (Wildman–Crippen LogP) is 4.40. The Hall–Kier alpha value is -3.49. The van der Waals surface area contributed by atoms with Gasteiger partial charge in [0, 0.05) is 25.4 Å². The van der Waals surface area contributed by atoms with Gasteiger partial charge in [-0.25, -0.2) is 15.0 Å². The largest absolute Gasteiger partial charge is 0.505 e. The average molecular weight is 330 g/mol. The van der Waals surface area contributed by atoms with Crippen LogP contribution < -0.4 is 4.90 Å². The third-order valence-electron chi connectivity index (χ3n) is 3.87. The minimum absolute atomic E-state index is 0.0695. The average Bonchev–Trinajstić information content (AvgIpc) is 2.84. The van der Waals surface area contributed by atoms with Crippen molar-refractivity contribution >= 4 is 11.8 Å². The highest BCUT2D eigenvalue weighted by molar-refractivity contribution is 5.62. The van der Waals surface area contributed by atoms with Crippen LogP contribution in [-0.4, -0.2) is 19.7 Å². The molecule has 0 fully saturated rings. The molecule has 1 aliphatic heterocycles. The van der Waals surface area contributed by atoms with E-state index in [1.807, 2.05) is 69.3 Å². The predicted molar refractivity (Wildman–Crippen MR) is 97.8 cm³/mol. The zero-order chi connectivity index (χ0) is 18.6. The molecule has 0 N–H and O–H groups in total. The van der Waals surface area contributed by atoms with E-state index in [1.165, 1.54) is 0 Å². The van der Waals surface area contributed by atoms with Crippen LogP contribution in [0.2, 0.25) is 0 Å². The van der Waals surface area contributed by atoms with Crippen LogP contribution in [0.5, 0.6) is 0 Å². The van der Waals surface area contributed by atoms with Crippen molar-refractivity contribution in [3.05, 3.63) is 81.5 Å². The first-order chi connectivity index (χ1) is 11.8. The fourth-order valence-electron chi connectivity index (χ4n) is 2.51. The van der Waals surface area contributed by atoms with Gasteiger partial charge in [-0.1, -0.05) is 24.3 Å². The van der Waals surface area contributed by atoms with Gasteiger partial charge < -0.3 is 9.64 Å². The SMILES string of the molecule is [C-]#[N+]C1=C(/C=C/c2ccc(N(C)C)cc2)C(C)(C)O/C1=C(\C#N)[N+]#[C-]. The van der Waals surface area contributed by atoms with E-state index in [-0.39, 0.29) is 17.2 Å². The van der Waals surface area contributed by atoms with Crippen molar-refractivity contribution < 1.29 is 4.74 Å². The molecule has 2 rings (SSSR count). The number of anilines is 1.